The molecule has 0 aromatic rings. The molecule has 0 aliphatic carbocycles. The van der Waals surface area contributed by atoms with Crippen molar-refractivity contribution in [2.24, 2.45) is 0 Å². The van der Waals surface area contributed by atoms with Gasteiger partial charge in [-0.1, -0.05) is 6.92 Å². The van der Waals surface area contributed by atoms with Crippen LogP contribution in [0, 0.1) is 0 Å². The van der Waals surface area contributed by atoms with Gasteiger partial charge in [-0.2, -0.15) is 8.42 Å². The van der Waals surface area contributed by atoms with Crippen LogP contribution in [0.5, 0.6) is 0 Å². The van der Waals surface area contributed by atoms with Crippen molar-refractivity contribution in [2.75, 3.05) is 12.3 Å². The summed E-state index contributed by atoms with van der Waals surface area (Å²) in [7, 11) is -3.89. The first-order valence-electron chi connectivity index (χ1n) is 4.17. The van der Waals surface area contributed by atoms with Crippen molar-refractivity contribution in [3.63, 3.8) is 0 Å². The summed E-state index contributed by atoms with van der Waals surface area (Å²) in [5.74, 6) is -0.391. The van der Waals surface area contributed by atoms with Gasteiger partial charge in [0, 0.05) is 13.0 Å². The summed E-state index contributed by atoms with van der Waals surface area (Å²) in [5.41, 5.74) is 0. The molecule has 0 aliphatic heterocycles. The van der Waals surface area contributed by atoms with Crippen LogP contribution in [0.15, 0.2) is 0 Å². The van der Waals surface area contributed by atoms with Crippen molar-refractivity contribution in [1.29, 1.82) is 0 Å². The Labute approximate surface area is 114 Å². The van der Waals surface area contributed by atoms with E-state index in [0.29, 0.717) is 13.0 Å². The third kappa shape index (κ3) is 12.6. The second kappa shape index (κ2) is 8.91. The molecular formula is C7H17CaNO4S. The van der Waals surface area contributed by atoms with Gasteiger partial charge in [0.15, 0.2) is 0 Å². The Morgan fingerprint density at radius 3 is 2.43 bits per heavy atom. The molecule has 0 rings (SSSR count). The third-order valence-electron chi connectivity index (χ3n) is 1.38. The Balaban J connectivity index is 0. The molecule has 14 heavy (non-hydrogen) atoms. The Hall–Kier alpha value is 0.640. The zero-order chi connectivity index (χ0) is 10.3. The van der Waals surface area contributed by atoms with Crippen LogP contribution >= 0.6 is 0 Å². The fourth-order valence-electron chi connectivity index (χ4n) is 0.798. The quantitative estimate of drug-likeness (QED) is 0.370. The van der Waals surface area contributed by atoms with E-state index in [4.69, 9.17) is 4.55 Å². The van der Waals surface area contributed by atoms with Crippen LogP contribution in [0.25, 0.3) is 0 Å². The van der Waals surface area contributed by atoms with E-state index < -0.39 is 10.1 Å². The van der Waals surface area contributed by atoms with E-state index in [1.54, 1.807) is 0 Å². The van der Waals surface area contributed by atoms with Gasteiger partial charge in [0.05, 0.1) is 5.75 Å². The van der Waals surface area contributed by atoms with E-state index in [1.807, 2.05) is 6.92 Å². The second-order valence-corrected chi connectivity index (χ2v) is 4.31. The molecular weight excluding hydrogens is 234 g/mol. The van der Waals surface area contributed by atoms with Crippen LogP contribution in [0.4, 0.5) is 0 Å². The molecule has 0 aliphatic rings. The van der Waals surface area contributed by atoms with E-state index in [2.05, 4.69) is 5.32 Å². The van der Waals surface area contributed by atoms with E-state index in [1.165, 1.54) is 0 Å². The SMILES string of the molecule is CCCC(=O)NCCCS(=O)(=O)O.[CaH2]. The Morgan fingerprint density at radius 2 is 2.00 bits per heavy atom. The number of amides is 1. The molecule has 5 nitrogen and oxygen atoms in total. The number of rotatable bonds is 6. The Morgan fingerprint density at radius 1 is 1.43 bits per heavy atom. The van der Waals surface area contributed by atoms with E-state index >= 15 is 0 Å². The molecule has 2 N–H and O–H groups in total. The molecule has 0 aromatic carbocycles. The summed E-state index contributed by atoms with van der Waals surface area (Å²) < 4.78 is 28.8. The maximum atomic E-state index is 10.8. The average molecular weight is 251 g/mol. The van der Waals surface area contributed by atoms with Crippen molar-refractivity contribution in [2.45, 2.75) is 26.2 Å². The Bertz CT molecular complexity index is 252. The van der Waals surface area contributed by atoms with Crippen LogP contribution < -0.4 is 5.32 Å². The van der Waals surface area contributed by atoms with E-state index in [0.717, 1.165) is 6.42 Å². The van der Waals surface area contributed by atoms with Crippen molar-refractivity contribution < 1.29 is 17.8 Å². The number of hydrogen-bond acceptors (Lipinski definition) is 3. The van der Waals surface area contributed by atoms with Gasteiger partial charge in [0.25, 0.3) is 10.1 Å². The van der Waals surface area contributed by atoms with Crippen molar-refractivity contribution in [3.8, 4) is 0 Å². The molecule has 0 heterocycles. The van der Waals surface area contributed by atoms with Gasteiger partial charge in [-0.3, -0.25) is 9.35 Å². The zero-order valence-corrected chi connectivity index (χ0v) is 8.43. The topological polar surface area (TPSA) is 83.5 Å². The standard InChI is InChI=1S/C7H15NO4S.Ca.2H/c1-2-4-7(9)8-5-3-6-13(10,11)12;;;/h2-6H2,1H3,(H,8,9)(H,10,11,12);;;. The summed E-state index contributed by atoms with van der Waals surface area (Å²) >= 11 is 0. The minimum absolute atomic E-state index is 0. The normalized spacial score (nSPS) is 10.4. The molecule has 7 heteroatoms. The molecule has 82 valence electrons. The summed E-state index contributed by atoms with van der Waals surface area (Å²) in [6, 6.07) is 0. The zero-order valence-electron chi connectivity index (χ0n) is 7.62. The summed E-state index contributed by atoms with van der Waals surface area (Å²) in [6.07, 6.45) is 1.46. The van der Waals surface area contributed by atoms with Crippen LogP contribution in [0.2, 0.25) is 0 Å². The maximum absolute atomic E-state index is 10.8. The molecule has 1 amide bonds. The molecule has 0 unspecified atom stereocenters. The predicted molar refractivity (Wildman–Crippen MR) is 57.5 cm³/mol. The fraction of sp³-hybridized carbons (Fsp3) is 0.857. The van der Waals surface area contributed by atoms with E-state index in [-0.39, 0.29) is 55.8 Å². The van der Waals surface area contributed by atoms with E-state index in [9.17, 15) is 13.2 Å². The molecule has 0 saturated heterocycles. The van der Waals surface area contributed by atoms with Gasteiger partial charge >= 0.3 is 37.7 Å². The van der Waals surface area contributed by atoms with Crippen LogP contribution in [-0.4, -0.2) is 68.9 Å². The third-order valence-corrected chi connectivity index (χ3v) is 2.18. The molecule has 0 radical (unpaired) electrons. The monoisotopic (exact) mass is 251 g/mol. The first-order valence-corrected chi connectivity index (χ1v) is 5.78. The van der Waals surface area contributed by atoms with Gasteiger partial charge in [-0.05, 0) is 12.8 Å². The molecule has 0 aromatic heterocycles. The number of nitrogens with one attached hydrogen (secondary N) is 1. The summed E-state index contributed by atoms with van der Waals surface area (Å²) in [4.78, 5) is 10.8. The molecule has 0 fully saturated rings. The van der Waals surface area contributed by atoms with Crippen molar-refractivity contribution >= 4 is 53.8 Å². The molecule has 0 atom stereocenters. The Kier molecular flexibility index (Phi) is 10.8. The van der Waals surface area contributed by atoms with Crippen LogP contribution in [0.1, 0.15) is 26.2 Å². The summed E-state index contributed by atoms with van der Waals surface area (Å²) in [5, 5.41) is 2.54. The van der Waals surface area contributed by atoms with Gasteiger partial charge in [-0.15, -0.1) is 0 Å². The average Bonchev–Trinajstić information content (AvgIpc) is 1.97. The molecule has 0 saturated carbocycles. The first-order chi connectivity index (χ1) is 5.95. The van der Waals surface area contributed by atoms with Crippen LogP contribution in [-0.2, 0) is 14.9 Å². The first kappa shape index (κ1) is 17.0. The predicted octanol–water partition coefficient (Wildman–Crippen LogP) is -0.736. The molecule has 0 spiro atoms. The number of hydrogen-bond donors (Lipinski definition) is 2. The van der Waals surface area contributed by atoms with Crippen LogP contribution in [0.3, 0.4) is 0 Å². The minimum atomic E-state index is -3.89. The van der Waals surface area contributed by atoms with Crippen molar-refractivity contribution in [3.05, 3.63) is 0 Å². The van der Waals surface area contributed by atoms with Gasteiger partial charge in [0.2, 0.25) is 5.91 Å². The number of carbonyl (C=O) groups is 1. The number of carbonyl (C=O) groups excluding carboxylic acids is 1. The van der Waals surface area contributed by atoms with Crippen molar-refractivity contribution in [1.82, 2.24) is 5.32 Å². The summed E-state index contributed by atoms with van der Waals surface area (Å²) in [6.45, 7) is 2.18. The van der Waals surface area contributed by atoms with Gasteiger partial charge in [-0.25, -0.2) is 0 Å². The second-order valence-electron chi connectivity index (χ2n) is 2.74. The fourth-order valence-corrected chi connectivity index (χ4v) is 1.31. The van der Waals surface area contributed by atoms with Gasteiger partial charge in [0.1, 0.15) is 0 Å². The van der Waals surface area contributed by atoms with Gasteiger partial charge < -0.3 is 5.32 Å². The molecule has 0 bridgehead atoms.